The maximum atomic E-state index is 10.9. The van der Waals surface area contributed by atoms with Crippen LogP contribution >= 0.6 is 0 Å². The standard InChI is InChI=1S/C25H30N6O3/c32-23(33)15-17-1-4-20(5-2-17)34-21-9-13-31(14-10-21)22-6-3-19(16-27-22)25-28-24(29-30-25)18-7-11-26-12-8-18/h3,6-8,11-12,16-17,20-21H,1-2,4-5,9-10,13-15H2,(H,32,33)(H,28,29,30). The van der Waals surface area contributed by atoms with Crippen LogP contribution in [0.3, 0.4) is 0 Å². The van der Waals surface area contributed by atoms with Gasteiger partial charge in [-0.3, -0.25) is 14.9 Å². The number of hydrogen-bond acceptors (Lipinski definition) is 7. The number of nitrogens with zero attached hydrogens (tertiary/aromatic N) is 5. The van der Waals surface area contributed by atoms with Gasteiger partial charge in [0, 0.05) is 49.2 Å². The van der Waals surface area contributed by atoms with E-state index in [1.54, 1.807) is 12.4 Å². The van der Waals surface area contributed by atoms with Crippen molar-refractivity contribution in [1.82, 2.24) is 25.1 Å². The number of aromatic nitrogens is 5. The van der Waals surface area contributed by atoms with Crippen molar-refractivity contribution in [3.63, 3.8) is 0 Å². The summed E-state index contributed by atoms with van der Waals surface area (Å²) in [4.78, 5) is 26.5. The summed E-state index contributed by atoms with van der Waals surface area (Å²) in [5, 5.41) is 16.3. The van der Waals surface area contributed by atoms with Crippen molar-refractivity contribution in [2.75, 3.05) is 18.0 Å². The van der Waals surface area contributed by atoms with Crippen LogP contribution in [-0.2, 0) is 9.53 Å². The molecular weight excluding hydrogens is 432 g/mol. The van der Waals surface area contributed by atoms with Crippen molar-refractivity contribution >= 4 is 11.8 Å². The normalized spacial score (nSPS) is 21.5. The highest BCUT2D eigenvalue weighted by Gasteiger charge is 2.28. The van der Waals surface area contributed by atoms with E-state index >= 15 is 0 Å². The van der Waals surface area contributed by atoms with Crippen LogP contribution < -0.4 is 4.90 Å². The van der Waals surface area contributed by atoms with E-state index in [0.717, 1.165) is 68.6 Å². The van der Waals surface area contributed by atoms with Crippen LogP contribution in [0, 0.1) is 5.92 Å². The van der Waals surface area contributed by atoms with Crippen LogP contribution in [-0.4, -0.2) is 61.5 Å². The second-order valence-electron chi connectivity index (χ2n) is 9.21. The van der Waals surface area contributed by atoms with Crippen molar-refractivity contribution in [3.8, 4) is 22.8 Å². The van der Waals surface area contributed by atoms with E-state index in [-0.39, 0.29) is 12.2 Å². The number of pyridine rings is 2. The summed E-state index contributed by atoms with van der Waals surface area (Å²) in [6.07, 6.45) is 12.0. The van der Waals surface area contributed by atoms with Crippen LogP contribution in [0.2, 0.25) is 0 Å². The van der Waals surface area contributed by atoms with Gasteiger partial charge in [0.25, 0.3) is 0 Å². The Kier molecular flexibility index (Phi) is 6.80. The highest BCUT2D eigenvalue weighted by atomic mass is 16.5. The second kappa shape index (κ2) is 10.3. The van der Waals surface area contributed by atoms with Crippen molar-refractivity contribution in [3.05, 3.63) is 42.9 Å². The third-order valence-electron chi connectivity index (χ3n) is 6.85. The molecule has 0 unspecified atom stereocenters. The van der Waals surface area contributed by atoms with Crippen LogP contribution in [0.25, 0.3) is 22.8 Å². The number of nitrogens with one attached hydrogen (secondary N) is 1. The van der Waals surface area contributed by atoms with Crippen molar-refractivity contribution in [2.24, 2.45) is 5.92 Å². The lowest BCUT2D eigenvalue weighted by atomic mass is 9.85. The molecule has 3 aromatic heterocycles. The van der Waals surface area contributed by atoms with Gasteiger partial charge < -0.3 is 14.7 Å². The predicted molar refractivity (Wildman–Crippen MR) is 127 cm³/mol. The number of carbonyl (C=O) groups is 1. The Morgan fingerprint density at radius 2 is 1.74 bits per heavy atom. The quantitative estimate of drug-likeness (QED) is 0.542. The molecule has 1 saturated carbocycles. The van der Waals surface area contributed by atoms with E-state index in [1.807, 2.05) is 30.5 Å². The monoisotopic (exact) mass is 462 g/mol. The number of carboxylic acid groups (broad SMARTS) is 1. The number of carboxylic acids is 1. The third-order valence-corrected chi connectivity index (χ3v) is 6.85. The topological polar surface area (TPSA) is 117 Å². The van der Waals surface area contributed by atoms with E-state index in [4.69, 9.17) is 9.84 Å². The summed E-state index contributed by atoms with van der Waals surface area (Å²) in [7, 11) is 0. The number of rotatable bonds is 7. The Hall–Kier alpha value is -3.33. The Balaban J connectivity index is 1.11. The summed E-state index contributed by atoms with van der Waals surface area (Å²) < 4.78 is 6.37. The summed E-state index contributed by atoms with van der Waals surface area (Å²) in [5.41, 5.74) is 1.81. The minimum Gasteiger partial charge on any atom is -0.481 e. The molecule has 2 fully saturated rings. The first-order chi connectivity index (χ1) is 16.6. The fourth-order valence-corrected chi connectivity index (χ4v) is 4.95. The highest BCUT2D eigenvalue weighted by molar-refractivity contribution is 5.67. The largest absolute Gasteiger partial charge is 0.481 e. The fraction of sp³-hybridized carbons (Fsp3) is 0.480. The SMILES string of the molecule is O=C(O)CC1CCC(OC2CCN(c3ccc(-c4n[nH]c(-c5ccncc5)n4)cn3)CC2)CC1. The molecule has 1 aliphatic carbocycles. The molecule has 9 heteroatoms. The molecule has 0 radical (unpaired) electrons. The number of ether oxygens (including phenoxy) is 1. The fourth-order valence-electron chi connectivity index (χ4n) is 4.95. The van der Waals surface area contributed by atoms with Crippen molar-refractivity contribution in [2.45, 2.75) is 57.2 Å². The van der Waals surface area contributed by atoms with Gasteiger partial charge in [-0.1, -0.05) is 0 Å². The maximum absolute atomic E-state index is 10.9. The molecule has 0 aromatic carbocycles. The zero-order valence-corrected chi connectivity index (χ0v) is 19.1. The summed E-state index contributed by atoms with van der Waals surface area (Å²) in [5.74, 6) is 1.91. The molecule has 2 aliphatic rings. The number of anilines is 1. The zero-order chi connectivity index (χ0) is 23.3. The molecule has 34 heavy (non-hydrogen) atoms. The molecule has 3 aromatic rings. The molecule has 1 saturated heterocycles. The Morgan fingerprint density at radius 1 is 1.00 bits per heavy atom. The number of H-pyrrole nitrogens is 1. The zero-order valence-electron chi connectivity index (χ0n) is 19.1. The number of aromatic amines is 1. The van der Waals surface area contributed by atoms with Gasteiger partial charge in [-0.05, 0) is 68.7 Å². The third kappa shape index (κ3) is 5.41. The molecule has 5 rings (SSSR count). The van der Waals surface area contributed by atoms with Gasteiger partial charge in [0.2, 0.25) is 0 Å². The van der Waals surface area contributed by atoms with Gasteiger partial charge in [0.15, 0.2) is 11.6 Å². The lowest BCUT2D eigenvalue weighted by Crippen LogP contribution is -2.39. The van der Waals surface area contributed by atoms with E-state index in [1.165, 1.54) is 0 Å². The second-order valence-corrected chi connectivity index (χ2v) is 9.21. The first-order valence-electron chi connectivity index (χ1n) is 12.1. The molecule has 0 atom stereocenters. The molecule has 0 spiro atoms. The van der Waals surface area contributed by atoms with E-state index in [9.17, 15) is 4.79 Å². The summed E-state index contributed by atoms with van der Waals surface area (Å²) in [6.45, 7) is 1.83. The van der Waals surface area contributed by atoms with Crippen LogP contribution in [0.4, 0.5) is 5.82 Å². The lowest BCUT2D eigenvalue weighted by Gasteiger charge is -2.36. The van der Waals surface area contributed by atoms with E-state index < -0.39 is 5.97 Å². The Morgan fingerprint density at radius 3 is 2.41 bits per heavy atom. The van der Waals surface area contributed by atoms with Gasteiger partial charge >= 0.3 is 5.97 Å². The van der Waals surface area contributed by atoms with Crippen LogP contribution in [0.1, 0.15) is 44.9 Å². The van der Waals surface area contributed by atoms with Gasteiger partial charge in [-0.25, -0.2) is 9.97 Å². The molecule has 178 valence electrons. The number of hydrogen-bond donors (Lipinski definition) is 2. The smallest absolute Gasteiger partial charge is 0.303 e. The predicted octanol–water partition coefficient (Wildman–Crippen LogP) is 3.95. The molecule has 2 N–H and O–H groups in total. The van der Waals surface area contributed by atoms with Gasteiger partial charge in [0.1, 0.15) is 5.82 Å². The van der Waals surface area contributed by atoms with Gasteiger partial charge in [-0.2, -0.15) is 5.10 Å². The number of piperidine rings is 1. The van der Waals surface area contributed by atoms with Crippen LogP contribution in [0.5, 0.6) is 0 Å². The molecule has 9 nitrogen and oxygen atoms in total. The molecule has 1 aliphatic heterocycles. The average Bonchev–Trinajstić information content (AvgIpc) is 3.37. The van der Waals surface area contributed by atoms with Gasteiger partial charge in [-0.15, -0.1) is 0 Å². The minimum atomic E-state index is -0.686. The Bertz CT molecular complexity index is 1070. The lowest BCUT2D eigenvalue weighted by molar-refractivity contribution is -0.138. The van der Waals surface area contributed by atoms with Gasteiger partial charge in [0.05, 0.1) is 12.2 Å². The maximum Gasteiger partial charge on any atom is 0.303 e. The molecule has 4 heterocycles. The minimum absolute atomic E-state index is 0.274. The number of aliphatic carboxylic acids is 1. The summed E-state index contributed by atoms with van der Waals surface area (Å²) in [6, 6.07) is 7.83. The first kappa shape index (κ1) is 22.5. The summed E-state index contributed by atoms with van der Waals surface area (Å²) >= 11 is 0. The van der Waals surface area contributed by atoms with Crippen molar-refractivity contribution < 1.29 is 14.6 Å². The van der Waals surface area contributed by atoms with E-state index in [0.29, 0.717) is 24.0 Å². The Labute approximate surface area is 198 Å². The highest BCUT2D eigenvalue weighted by Crippen LogP contribution is 2.31. The van der Waals surface area contributed by atoms with Crippen molar-refractivity contribution in [1.29, 1.82) is 0 Å². The average molecular weight is 463 g/mol. The molecule has 0 bridgehead atoms. The molecular formula is C25H30N6O3. The first-order valence-corrected chi connectivity index (χ1v) is 12.1. The molecule has 0 amide bonds. The van der Waals surface area contributed by atoms with E-state index in [2.05, 4.69) is 30.0 Å². The van der Waals surface area contributed by atoms with Crippen LogP contribution in [0.15, 0.2) is 42.9 Å².